The van der Waals surface area contributed by atoms with Gasteiger partial charge in [-0.2, -0.15) is 5.10 Å². The zero-order chi connectivity index (χ0) is 19.6. The zero-order valence-corrected chi connectivity index (χ0v) is 16.3. The second kappa shape index (κ2) is 7.72. The average Bonchev–Trinajstić information content (AvgIpc) is 3.04. The summed E-state index contributed by atoms with van der Waals surface area (Å²) in [6.07, 6.45) is 1.55. The first kappa shape index (κ1) is 18.8. The molecule has 3 aromatic rings. The van der Waals surface area contributed by atoms with E-state index in [4.69, 9.17) is 21.1 Å². The number of ether oxygens (including phenoxy) is 2. The molecule has 0 saturated carbocycles. The molecule has 7 heteroatoms. The summed E-state index contributed by atoms with van der Waals surface area (Å²) in [5, 5.41) is 7.60. The molecule has 0 aliphatic rings. The predicted molar refractivity (Wildman–Crippen MR) is 106 cm³/mol. The Morgan fingerprint density at radius 1 is 1.11 bits per heavy atom. The van der Waals surface area contributed by atoms with Crippen LogP contribution >= 0.6 is 11.6 Å². The van der Waals surface area contributed by atoms with E-state index in [1.54, 1.807) is 23.0 Å². The third-order valence-electron chi connectivity index (χ3n) is 4.22. The molecule has 0 bridgehead atoms. The van der Waals surface area contributed by atoms with Crippen molar-refractivity contribution in [2.45, 2.75) is 13.8 Å². The van der Waals surface area contributed by atoms with Gasteiger partial charge in [-0.3, -0.25) is 4.79 Å². The molecule has 0 fully saturated rings. The standard InChI is InChI=1S/C20H20ClN3O3/c1-12-6-5-7-14(8-12)24-13(2)15(11-22-24)20(25)23-17-10-18(26-3)16(21)9-19(17)27-4/h5-11H,1-4H3,(H,23,25). The molecule has 0 saturated heterocycles. The van der Waals surface area contributed by atoms with Crippen molar-refractivity contribution >= 4 is 23.2 Å². The Balaban J connectivity index is 1.92. The van der Waals surface area contributed by atoms with Crippen molar-refractivity contribution in [3.8, 4) is 17.2 Å². The quantitative estimate of drug-likeness (QED) is 0.706. The molecule has 1 amide bonds. The van der Waals surface area contributed by atoms with Gasteiger partial charge < -0.3 is 14.8 Å². The van der Waals surface area contributed by atoms with Crippen molar-refractivity contribution in [3.63, 3.8) is 0 Å². The maximum atomic E-state index is 12.8. The van der Waals surface area contributed by atoms with E-state index in [1.807, 2.05) is 38.1 Å². The molecule has 1 aromatic heterocycles. The summed E-state index contributed by atoms with van der Waals surface area (Å²) < 4.78 is 12.3. The van der Waals surface area contributed by atoms with Crippen molar-refractivity contribution in [1.29, 1.82) is 0 Å². The summed E-state index contributed by atoms with van der Waals surface area (Å²) in [5.41, 5.74) is 3.68. The first-order chi connectivity index (χ1) is 12.9. The fourth-order valence-electron chi connectivity index (χ4n) is 2.80. The van der Waals surface area contributed by atoms with Crippen LogP contribution in [0.5, 0.6) is 11.5 Å². The summed E-state index contributed by atoms with van der Waals surface area (Å²) in [6.45, 7) is 3.86. The fourth-order valence-corrected chi connectivity index (χ4v) is 3.03. The smallest absolute Gasteiger partial charge is 0.259 e. The molecule has 0 aliphatic heterocycles. The molecule has 27 heavy (non-hydrogen) atoms. The van der Waals surface area contributed by atoms with Crippen molar-refractivity contribution in [2.75, 3.05) is 19.5 Å². The Morgan fingerprint density at radius 3 is 2.52 bits per heavy atom. The van der Waals surface area contributed by atoms with Crippen LogP contribution < -0.4 is 14.8 Å². The van der Waals surface area contributed by atoms with E-state index in [9.17, 15) is 4.79 Å². The molecule has 0 spiro atoms. The zero-order valence-electron chi connectivity index (χ0n) is 15.5. The van der Waals surface area contributed by atoms with Crippen molar-refractivity contribution in [2.24, 2.45) is 0 Å². The normalized spacial score (nSPS) is 10.6. The van der Waals surface area contributed by atoms with Gasteiger partial charge in [0.05, 0.1) is 48.1 Å². The number of anilines is 1. The van der Waals surface area contributed by atoms with Crippen LogP contribution in [0.4, 0.5) is 5.69 Å². The highest BCUT2D eigenvalue weighted by atomic mass is 35.5. The first-order valence-corrected chi connectivity index (χ1v) is 8.67. The van der Waals surface area contributed by atoms with E-state index in [-0.39, 0.29) is 5.91 Å². The molecule has 0 aliphatic carbocycles. The van der Waals surface area contributed by atoms with Crippen molar-refractivity contribution in [3.05, 3.63) is 64.4 Å². The van der Waals surface area contributed by atoms with Crippen LogP contribution in [-0.2, 0) is 0 Å². The number of methoxy groups -OCH3 is 2. The van der Waals surface area contributed by atoms with Gasteiger partial charge in [-0.25, -0.2) is 4.68 Å². The van der Waals surface area contributed by atoms with E-state index in [1.165, 1.54) is 14.2 Å². The Bertz CT molecular complexity index is 998. The number of aromatic nitrogens is 2. The number of hydrogen-bond acceptors (Lipinski definition) is 4. The Hall–Kier alpha value is -2.99. The minimum atomic E-state index is -0.297. The Kier molecular flexibility index (Phi) is 5.37. The van der Waals surface area contributed by atoms with Crippen LogP contribution in [0.1, 0.15) is 21.6 Å². The lowest BCUT2D eigenvalue weighted by Crippen LogP contribution is -2.14. The van der Waals surface area contributed by atoms with Gasteiger partial charge in [-0.15, -0.1) is 0 Å². The van der Waals surface area contributed by atoms with Gasteiger partial charge in [0.1, 0.15) is 11.5 Å². The van der Waals surface area contributed by atoms with Crippen LogP contribution in [0.2, 0.25) is 5.02 Å². The lowest BCUT2D eigenvalue weighted by atomic mass is 10.2. The molecule has 0 atom stereocenters. The lowest BCUT2D eigenvalue weighted by Gasteiger charge is -2.13. The summed E-state index contributed by atoms with van der Waals surface area (Å²) in [7, 11) is 3.02. The number of benzene rings is 2. The SMILES string of the molecule is COc1cc(NC(=O)c2cnn(-c3cccc(C)c3)c2C)c(OC)cc1Cl. The number of nitrogens with zero attached hydrogens (tertiary/aromatic N) is 2. The van der Waals surface area contributed by atoms with E-state index >= 15 is 0 Å². The number of rotatable bonds is 5. The highest BCUT2D eigenvalue weighted by molar-refractivity contribution is 6.32. The predicted octanol–water partition coefficient (Wildman–Crippen LogP) is 4.41. The second-order valence-corrected chi connectivity index (χ2v) is 6.44. The number of nitrogens with one attached hydrogen (secondary N) is 1. The minimum Gasteiger partial charge on any atom is -0.495 e. The highest BCUT2D eigenvalue weighted by Gasteiger charge is 2.18. The first-order valence-electron chi connectivity index (χ1n) is 8.29. The molecular formula is C20H20ClN3O3. The van der Waals surface area contributed by atoms with Gasteiger partial charge in [-0.1, -0.05) is 23.7 Å². The molecule has 2 aromatic carbocycles. The van der Waals surface area contributed by atoms with Crippen LogP contribution in [0.15, 0.2) is 42.6 Å². The van der Waals surface area contributed by atoms with Gasteiger partial charge in [0.2, 0.25) is 0 Å². The number of carbonyl (C=O) groups is 1. The van der Waals surface area contributed by atoms with Crippen LogP contribution in [0.3, 0.4) is 0 Å². The summed E-state index contributed by atoms with van der Waals surface area (Å²) in [6, 6.07) is 11.1. The molecule has 1 heterocycles. The van der Waals surface area contributed by atoms with E-state index in [0.29, 0.717) is 27.8 Å². The topological polar surface area (TPSA) is 65.4 Å². The fraction of sp³-hybridized carbons (Fsp3) is 0.200. The number of carbonyl (C=O) groups excluding carboxylic acids is 1. The number of amides is 1. The molecule has 140 valence electrons. The van der Waals surface area contributed by atoms with Gasteiger partial charge in [0, 0.05) is 12.1 Å². The van der Waals surface area contributed by atoms with Gasteiger partial charge >= 0.3 is 0 Å². The molecule has 6 nitrogen and oxygen atoms in total. The van der Waals surface area contributed by atoms with E-state index < -0.39 is 0 Å². The number of halogens is 1. The minimum absolute atomic E-state index is 0.297. The van der Waals surface area contributed by atoms with Gasteiger partial charge in [-0.05, 0) is 31.5 Å². The number of aryl methyl sites for hydroxylation is 1. The summed E-state index contributed by atoms with van der Waals surface area (Å²) >= 11 is 6.11. The number of hydrogen-bond donors (Lipinski definition) is 1. The van der Waals surface area contributed by atoms with E-state index in [0.717, 1.165) is 16.9 Å². The summed E-state index contributed by atoms with van der Waals surface area (Å²) in [5.74, 6) is 0.590. The Labute approximate surface area is 162 Å². The van der Waals surface area contributed by atoms with E-state index in [2.05, 4.69) is 10.4 Å². The maximum absolute atomic E-state index is 12.8. The largest absolute Gasteiger partial charge is 0.495 e. The summed E-state index contributed by atoms with van der Waals surface area (Å²) in [4.78, 5) is 12.8. The van der Waals surface area contributed by atoms with Crippen molar-refractivity contribution < 1.29 is 14.3 Å². The van der Waals surface area contributed by atoms with Crippen LogP contribution in [0, 0.1) is 13.8 Å². The third kappa shape index (κ3) is 3.75. The van der Waals surface area contributed by atoms with Crippen LogP contribution in [0.25, 0.3) is 5.69 Å². The maximum Gasteiger partial charge on any atom is 0.259 e. The molecule has 3 rings (SSSR count). The van der Waals surface area contributed by atoms with Gasteiger partial charge in [0.25, 0.3) is 5.91 Å². The van der Waals surface area contributed by atoms with Crippen molar-refractivity contribution in [1.82, 2.24) is 9.78 Å². The van der Waals surface area contributed by atoms with Crippen LogP contribution in [-0.4, -0.2) is 29.9 Å². The molecule has 0 radical (unpaired) electrons. The highest BCUT2D eigenvalue weighted by Crippen LogP contribution is 2.36. The average molecular weight is 386 g/mol. The van der Waals surface area contributed by atoms with Gasteiger partial charge in [0.15, 0.2) is 0 Å². The molecule has 0 unspecified atom stereocenters. The second-order valence-electron chi connectivity index (χ2n) is 6.04. The monoisotopic (exact) mass is 385 g/mol. The third-order valence-corrected chi connectivity index (χ3v) is 4.52. The lowest BCUT2D eigenvalue weighted by molar-refractivity contribution is 0.102. The Morgan fingerprint density at radius 2 is 1.85 bits per heavy atom. The molecule has 1 N–H and O–H groups in total. The molecular weight excluding hydrogens is 366 g/mol.